The molecule has 0 radical (unpaired) electrons. The summed E-state index contributed by atoms with van der Waals surface area (Å²) in [5.41, 5.74) is 0.687. The number of amides is 2. The molecule has 7 heteroatoms. The van der Waals surface area contributed by atoms with Gasteiger partial charge in [-0.2, -0.15) is 11.3 Å². The second-order valence-corrected chi connectivity index (χ2v) is 8.69. The van der Waals surface area contributed by atoms with E-state index in [1.165, 1.54) is 22.7 Å². The molecule has 0 N–H and O–H groups in total. The van der Waals surface area contributed by atoms with Crippen molar-refractivity contribution in [1.82, 2.24) is 14.8 Å². The van der Waals surface area contributed by atoms with Crippen LogP contribution in [0.25, 0.3) is 0 Å². The van der Waals surface area contributed by atoms with Crippen molar-refractivity contribution >= 4 is 34.5 Å². The van der Waals surface area contributed by atoms with E-state index in [1.807, 2.05) is 26.6 Å². The molecule has 1 aliphatic heterocycles. The van der Waals surface area contributed by atoms with Crippen LogP contribution in [0.1, 0.15) is 45.8 Å². The van der Waals surface area contributed by atoms with Crippen molar-refractivity contribution in [2.75, 3.05) is 26.2 Å². The first-order chi connectivity index (χ1) is 11.4. The van der Waals surface area contributed by atoms with E-state index in [4.69, 9.17) is 0 Å². The van der Waals surface area contributed by atoms with Crippen molar-refractivity contribution in [1.29, 1.82) is 0 Å². The predicted molar refractivity (Wildman–Crippen MR) is 96.9 cm³/mol. The number of thiazole rings is 1. The maximum absolute atomic E-state index is 12.6. The number of hydrogen-bond donors (Lipinski definition) is 0. The molecule has 24 heavy (non-hydrogen) atoms. The maximum Gasteiger partial charge on any atom is 0.265 e. The number of aromatic nitrogens is 1. The highest BCUT2D eigenvalue weighted by Gasteiger charge is 2.27. The minimum Gasteiger partial charge on any atom is -0.335 e. The van der Waals surface area contributed by atoms with E-state index in [1.54, 1.807) is 6.20 Å². The van der Waals surface area contributed by atoms with Gasteiger partial charge in [0.25, 0.3) is 11.8 Å². The van der Waals surface area contributed by atoms with Gasteiger partial charge in [-0.15, -0.1) is 11.3 Å². The summed E-state index contributed by atoms with van der Waals surface area (Å²) in [5.74, 6) is 0.0711. The first-order valence-electron chi connectivity index (χ1n) is 7.93. The van der Waals surface area contributed by atoms with Gasteiger partial charge in [-0.1, -0.05) is 20.8 Å². The molecule has 1 fully saturated rings. The summed E-state index contributed by atoms with van der Waals surface area (Å²) in [6.07, 6.45) is 1.68. The molecule has 1 saturated heterocycles. The van der Waals surface area contributed by atoms with E-state index in [0.717, 1.165) is 10.6 Å². The van der Waals surface area contributed by atoms with Gasteiger partial charge in [0.15, 0.2) is 0 Å². The molecule has 2 aromatic rings. The second-order valence-electron chi connectivity index (χ2n) is 6.88. The summed E-state index contributed by atoms with van der Waals surface area (Å²) < 4.78 is 0. The van der Waals surface area contributed by atoms with E-state index in [2.05, 4.69) is 25.8 Å². The summed E-state index contributed by atoms with van der Waals surface area (Å²) in [6.45, 7) is 8.56. The maximum atomic E-state index is 12.6. The lowest BCUT2D eigenvalue weighted by Crippen LogP contribution is -2.50. The first-order valence-corrected chi connectivity index (χ1v) is 9.69. The largest absolute Gasteiger partial charge is 0.335 e. The fraction of sp³-hybridized carbons (Fsp3) is 0.471. The molecule has 2 amide bonds. The molecule has 0 aromatic carbocycles. The number of hydrogen-bond acceptors (Lipinski definition) is 5. The molecule has 5 nitrogen and oxygen atoms in total. The van der Waals surface area contributed by atoms with E-state index in [0.29, 0.717) is 31.1 Å². The van der Waals surface area contributed by atoms with Crippen LogP contribution in [0.4, 0.5) is 0 Å². The van der Waals surface area contributed by atoms with Crippen molar-refractivity contribution in [3.63, 3.8) is 0 Å². The van der Waals surface area contributed by atoms with E-state index < -0.39 is 0 Å². The molecule has 0 saturated carbocycles. The average molecular weight is 364 g/mol. The number of thiophene rings is 1. The lowest BCUT2D eigenvalue weighted by atomic mass is 9.98. The van der Waals surface area contributed by atoms with Crippen molar-refractivity contribution in [2.24, 2.45) is 0 Å². The van der Waals surface area contributed by atoms with Crippen LogP contribution in [0.2, 0.25) is 0 Å². The molecule has 2 aromatic heterocycles. The summed E-state index contributed by atoms with van der Waals surface area (Å²) in [6, 6.07) is 1.84. The smallest absolute Gasteiger partial charge is 0.265 e. The average Bonchev–Trinajstić information content (AvgIpc) is 3.24. The van der Waals surface area contributed by atoms with Crippen LogP contribution in [-0.2, 0) is 5.41 Å². The zero-order valence-corrected chi connectivity index (χ0v) is 15.7. The number of carbonyl (C=O) groups excluding carboxylic acids is 2. The number of rotatable bonds is 2. The Morgan fingerprint density at radius 3 is 2.21 bits per heavy atom. The summed E-state index contributed by atoms with van der Waals surface area (Å²) >= 11 is 2.99. The normalized spacial score (nSPS) is 15.6. The Morgan fingerprint density at radius 1 is 1.08 bits per heavy atom. The molecule has 128 valence electrons. The fourth-order valence-electron chi connectivity index (χ4n) is 2.56. The monoisotopic (exact) mass is 363 g/mol. The lowest BCUT2D eigenvalue weighted by Gasteiger charge is -2.34. The molecule has 0 bridgehead atoms. The van der Waals surface area contributed by atoms with Crippen molar-refractivity contribution in [3.8, 4) is 0 Å². The highest BCUT2D eigenvalue weighted by atomic mass is 32.1. The van der Waals surface area contributed by atoms with Gasteiger partial charge in [0.05, 0.1) is 16.8 Å². The number of nitrogens with zero attached hydrogens (tertiary/aromatic N) is 3. The third-order valence-corrected chi connectivity index (χ3v) is 6.07. The van der Waals surface area contributed by atoms with Gasteiger partial charge in [-0.25, -0.2) is 4.98 Å². The van der Waals surface area contributed by atoms with Crippen LogP contribution in [0.5, 0.6) is 0 Å². The van der Waals surface area contributed by atoms with Crippen LogP contribution in [0.15, 0.2) is 23.0 Å². The van der Waals surface area contributed by atoms with Crippen molar-refractivity contribution < 1.29 is 9.59 Å². The third kappa shape index (κ3) is 3.52. The first kappa shape index (κ1) is 17.1. The van der Waals surface area contributed by atoms with Gasteiger partial charge in [-0.3, -0.25) is 9.59 Å². The van der Waals surface area contributed by atoms with E-state index in [9.17, 15) is 9.59 Å². The minimum atomic E-state index is -0.0468. The van der Waals surface area contributed by atoms with Crippen LogP contribution < -0.4 is 0 Å². The Labute approximate surface area is 149 Å². The zero-order valence-electron chi connectivity index (χ0n) is 14.1. The van der Waals surface area contributed by atoms with Gasteiger partial charge in [0.2, 0.25) is 0 Å². The van der Waals surface area contributed by atoms with Crippen LogP contribution >= 0.6 is 22.7 Å². The van der Waals surface area contributed by atoms with Crippen LogP contribution in [0.3, 0.4) is 0 Å². The van der Waals surface area contributed by atoms with Gasteiger partial charge in [-0.05, 0) is 11.4 Å². The Morgan fingerprint density at radius 2 is 1.71 bits per heavy atom. The molecular formula is C17H21N3O2S2. The summed E-state index contributed by atoms with van der Waals surface area (Å²) in [7, 11) is 0. The Hall–Kier alpha value is -1.73. The van der Waals surface area contributed by atoms with Gasteiger partial charge < -0.3 is 9.80 Å². The van der Waals surface area contributed by atoms with Crippen LogP contribution in [-0.4, -0.2) is 52.8 Å². The molecule has 1 aliphatic rings. The topological polar surface area (TPSA) is 53.5 Å². The Kier molecular flexibility index (Phi) is 4.73. The van der Waals surface area contributed by atoms with Gasteiger partial charge in [0, 0.05) is 37.0 Å². The zero-order chi connectivity index (χ0) is 17.3. The minimum absolute atomic E-state index is 0.0191. The van der Waals surface area contributed by atoms with Gasteiger partial charge >= 0.3 is 0 Å². The molecule has 0 spiro atoms. The molecule has 3 rings (SSSR count). The van der Waals surface area contributed by atoms with Crippen molar-refractivity contribution in [2.45, 2.75) is 26.2 Å². The molecule has 0 atom stereocenters. The van der Waals surface area contributed by atoms with E-state index >= 15 is 0 Å². The molecule has 3 heterocycles. The highest BCUT2D eigenvalue weighted by molar-refractivity contribution is 7.13. The quantitative estimate of drug-likeness (QED) is 0.824. The summed E-state index contributed by atoms with van der Waals surface area (Å²) in [5, 5.41) is 4.74. The van der Waals surface area contributed by atoms with Crippen molar-refractivity contribution in [3.05, 3.63) is 38.5 Å². The standard InChI is InChI=1S/C17H21N3O2S2/c1-17(2,3)16-18-10-13(24-16)15(22)20-7-5-19(6-8-20)14(21)12-4-9-23-11-12/h4,9-11H,5-8H2,1-3H3. The Balaban J connectivity index is 1.61. The summed E-state index contributed by atoms with van der Waals surface area (Å²) in [4.78, 5) is 33.7. The number of piperazine rings is 1. The highest BCUT2D eigenvalue weighted by Crippen LogP contribution is 2.27. The predicted octanol–water partition coefficient (Wildman–Crippen LogP) is 3.10. The lowest BCUT2D eigenvalue weighted by molar-refractivity contribution is 0.0538. The molecule has 0 aliphatic carbocycles. The van der Waals surface area contributed by atoms with E-state index in [-0.39, 0.29) is 17.2 Å². The fourth-order valence-corrected chi connectivity index (χ4v) is 4.13. The molecule has 0 unspecified atom stereocenters. The SMILES string of the molecule is CC(C)(C)c1ncc(C(=O)N2CCN(C(=O)c3ccsc3)CC2)s1. The Bertz CT molecular complexity index is 723. The number of carbonyl (C=O) groups is 2. The third-order valence-electron chi connectivity index (χ3n) is 3.98. The van der Waals surface area contributed by atoms with Gasteiger partial charge in [0.1, 0.15) is 4.88 Å². The molecular weight excluding hydrogens is 342 g/mol. The second kappa shape index (κ2) is 6.64. The van der Waals surface area contributed by atoms with Crippen LogP contribution in [0, 0.1) is 0 Å².